The van der Waals surface area contributed by atoms with Crippen LogP contribution >= 0.6 is 0 Å². The molecule has 76 valence electrons. The van der Waals surface area contributed by atoms with Crippen molar-refractivity contribution in [2.45, 2.75) is 32.4 Å². The normalized spacial score (nSPS) is 13.2. The predicted molar refractivity (Wildman–Crippen MR) is 46.3 cm³/mol. The van der Waals surface area contributed by atoms with Crippen molar-refractivity contribution in [2.75, 3.05) is 6.61 Å². The van der Waals surface area contributed by atoms with Crippen LogP contribution in [0.3, 0.4) is 0 Å². The zero-order valence-corrected chi connectivity index (χ0v) is 8.03. The highest BCUT2D eigenvalue weighted by Gasteiger charge is 2.18. The van der Waals surface area contributed by atoms with Crippen molar-refractivity contribution in [2.24, 2.45) is 0 Å². The molecule has 1 atom stereocenters. The van der Waals surface area contributed by atoms with E-state index in [2.05, 4.69) is 5.32 Å². The summed E-state index contributed by atoms with van der Waals surface area (Å²) in [7, 11) is 0. The third kappa shape index (κ3) is 6.10. The van der Waals surface area contributed by atoms with E-state index in [-0.39, 0.29) is 0 Å². The maximum absolute atomic E-state index is 11.0. The first kappa shape index (κ1) is 11.9. The minimum Gasteiger partial charge on any atom is -0.444 e. The van der Waals surface area contributed by atoms with E-state index < -0.39 is 24.3 Å². The van der Waals surface area contributed by atoms with Crippen LogP contribution in [0.15, 0.2) is 0 Å². The summed E-state index contributed by atoms with van der Waals surface area (Å²) < 4.78 is 4.85. The van der Waals surface area contributed by atoms with Crippen LogP contribution in [0.4, 0.5) is 4.79 Å². The predicted octanol–water partition coefficient (Wildman–Crippen LogP) is 0.0709. The molecule has 0 radical (unpaired) electrons. The average Bonchev–Trinajstić information content (AvgIpc) is 1.96. The van der Waals surface area contributed by atoms with Gasteiger partial charge in [0.2, 0.25) is 0 Å². The SMILES string of the molecule is CC(C)(C)OC(=O)NC(C=O)CO. The van der Waals surface area contributed by atoms with Crippen LogP contribution in [0.25, 0.3) is 0 Å². The Morgan fingerprint density at radius 2 is 2.15 bits per heavy atom. The first-order valence-corrected chi connectivity index (χ1v) is 3.94. The van der Waals surface area contributed by atoms with Gasteiger partial charge in [0.05, 0.1) is 6.61 Å². The molecule has 1 unspecified atom stereocenters. The number of aliphatic hydroxyl groups excluding tert-OH is 1. The molecule has 0 aromatic heterocycles. The van der Waals surface area contributed by atoms with Crippen molar-refractivity contribution in [3.63, 3.8) is 0 Å². The molecule has 0 saturated carbocycles. The summed E-state index contributed by atoms with van der Waals surface area (Å²) >= 11 is 0. The number of carbonyl (C=O) groups excluding carboxylic acids is 2. The average molecular weight is 189 g/mol. The van der Waals surface area contributed by atoms with Crippen molar-refractivity contribution in [1.82, 2.24) is 5.32 Å². The number of amides is 1. The summed E-state index contributed by atoms with van der Waals surface area (Å²) in [6, 6.07) is -0.894. The van der Waals surface area contributed by atoms with Crippen LogP contribution in [-0.2, 0) is 9.53 Å². The molecule has 0 saturated heterocycles. The topological polar surface area (TPSA) is 75.6 Å². The van der Waals surface area contributed by atoms with Crippen LogP contribution in [0.2, 0.25) is 0 Å². The van der Waals surface area contributed by atoms with Gasteiger partial charge in [0.1, 0.15) is 17.9 Å². The van der Waals surface area contributed by atoms with Crippen LogP contribution in [0.1, 0.15) is 20.8 Å². The number of rotatable bonds is 3. The summed E-state index contributed by atoms with van der Waals surface area (Å²) in [5.74, 6) is 0. The third-order valence-electron chi connectivity index (χ3n) is 1.06. The highest BCUT2D eigenvalue weighted by Crippen LogP contribution is 2.06. The number of carbonyl (C=O) groups is 2. The van der Waals surface area contributed by atoms with Gasteiger partial charge in [-0.25, -0.2) is 4.79 Å². The first-order valence-electron chi connectivity index (χ1n) is 3.94. The molecule has 0 aliphatic rings. The van der Waals surface area contributed by atoms with E-state index in [4.69, 9.17) is 9.84 Å². The second-order valence-corrected chi connectivity index (χ2v) is 3.57. The minimum absolute atomic E-state index is 0.428. The van der Waals surface area contributed by atoms with Gasteiger partial charge < -0.3 is 20.0 Å². The molecular formula is C8H15NO4. The fourth-order valence-electron chi connectivity index (χ4n) is 0.582. The lowest BCUT2D eigenvalue weighted by atomic mass is 10.2. The fraction of sp³-hybridized carbons (Fsp3) is 0.750. The summed E-state index contributed by atoms with van der Waals surface area (Å²) in [6.07, 6.45) is -0.261. The summed E-state index contributed by atoms with van der Waals surface area (Å²) in [5, 5.41) is 10.8. The van der Waals surface area contributed by atoms with E-state index in [1.54, 1.807) is 20.8 Å². The molecule has 0 spiro atoms. The van der Waals surface area contributed by atoms with Crippen LogP contribution in [0.5, 0.6) is 0 Å². The van der Waals surface area contributed by atoms with E-state index in [0.717, 1.165) is 0 Å². The monoisotopic (exact) mass is 189 g/mol. The highest BCUT2D eigenvalue weighted by atomic mass is 16.6. The quantitative estimate of drug-likeness (QED) is 0.616. The lowest BCUT2D eigenvalue weighted by Gasteiger charge is -2.20. The molecular weight excluding hydrogens is 174 g/mol. The van der Waals surface area contributed by atoms with E-state index >= 15 is 0 Å². The summed E-state index contributed by atoms with van der Waals surface area (Å²) in [6.45, 7) is 4.70. The number of alkyl carbamates (subject to hydrolysis) is 1. The number of ether oxygens (including phenoxy) is 1. The smallest absolute Gasteiger partial charge is 0.408 e. The van der Waals surface area contributed by atoms with Crippen LogP contribution in [0, 0.1) is 0 Å². The molecule has 0 rings (SSSR count). The molecule has 1 amide bonds. The lowest BCUT2D eigenvalue weighted by Crippen LogP contribution is -2.41. The molecule has 2 N–H and O–H groups in total. The Kier molecular flexibility index (Phi) is 4.40. The number of aldehydes is 1. The Hall–Kier alpha value is -1.10. The number of hydrogen-bond acceptors (Lipinski definition) is 4. The standard InChI is InChI=1S/C8H15NO4/c1-8(2,3)13-7(12)9-6(4-10)5-11/h4,6,11H,5H2,1-3H3,(H,9,12). The molecule has 5 nitrogen and oxygen atoms in total. The van der Waals surface area contributed by atoms with E-state index in [9.17, 15) is 9.59 Å². The molecule has 13 heavy (non-hydrogen) atoms. The van der Waals surface area contributed by atoms with Crippen molar-refractivity contribution >= 4 is 12.4 Å². The summed E-state index contributed by atoms with van der Waals surface area (Å²) in [4.78, 5) is 21.2. The molecule has 0 aromatic rings. The number of hydrogen-bond donors (Lipinski definition) is 2. The van der Waals surface area contributed by atoms with Gasteiger partial charge in [-0.05, 0) is 20.8 Å². The Bertz CT molecular complexity index is 185. The first-order chi connectivity index (χ1) is 5.89. The van der Waals surface area contributed by atoms with Crippen molar-refractivity contribution in [3.05, 3.63) is 0 Å². The number of aliphatic hydroxyl groups is 1. The maximum atomic E-state index is 11.0. The van der Waals surface area contributed by atoms with Gasteiger partial charge in [-0.3, -0.25) is 0 Å². The van der Waals surface area contributed by atoms with Gasteiger partial charge in [0.15, 0.2) is 0 Å². The minimum atomic E-state index is -0.894. The van der Waals surface area contributed by atoms with Gasteiger partial charge in [0.25, 0.3) is 0 Å². The van der Waals surface area contributed by atoms with E-state index in [0.29, 0.717) is 6.29 Å². The molecule has 0 aliphatic carbocycles. The molecule has 0 fully saturated rings. The lowest BCUT2D eigenvalue weighted by molar-refractivity contribution is -0.110. The Balaban J connectivity index is 3.93. The van der Waals surface area contributed by atoms with E-state index in [1.165, 1.54) is 0 Å². The second kappa shape index (κ2) is 4.81. The van der Waals surface area contributed by atoms with Crippen LogP contribution in [-0.4, -0.2) is 35.7 Å². The van der Waals surface area contributed by atoms with Crippen molar-refractivity contribution in [1.29, 1.82) is 0 Å². The van der Waals surface area contributed by atoms with Crippen molar-refractivity contribution in [3.8, 4) is 0 Å². The highest BCUT2D eigenvalue weighted by molar-refractivity contribution is 5.73. The van der Waals surface area contributed by atoms with Gasteiger partial charge in [-0.2, -0.15) is 0 Å². The maximum Gasteiger partial charge on any atom is 0.408 e. The fourth-order valence-corrected chi connectivity index (χ4v) is 0.582. The van der Waals surface area contributed by atoms with Gasteiger partial charge in [0, 0.05) is 0 Å². The van der Waals surface area contributed by atoms with Gasteiger partial charge in [-0.15, -0.1) is 0 Å². The zero-order chi connectivity index (χ0) is 10.5. The van der Waals surface area contributed by atoms with Crippen molar-refractivity contribution < 1.29 is 19.4 Å². The molecule has 0 bridgehead atoms. The third-order valence-corrected chi connectivity index (χ3v) is 1.06. The summed E-state index contributed by atoms with van der Waals surface area (Å²) in [5.41, 5.74) is -0.604. The molecule has 0 aromatic carbocycles. The Morgan fingerprint density at radius 3 is 2.46 bits per heavy atom. The largest absolute Gasteiger partial charge is 0.444 e. The Morgan fingerprint density at radius 1 is 1.62 bits per heavy atom. The van der Waals surface area contributed by atoms with Crippen LogP contribution < -0.4 is 5.32 Å². The molecule has 0 aliphatic heterocycles. The molecule has 0 heterocycles. The van der Waals surface area contributed by atoms with Gasteiger partial charge >= 0.3 is 6.09 Å². The van der Waals surface area contributed by atoms with E-state index in [1.807, 2.05) is 0 Å². The number of nitrogens with one attached hydrogen (secondary N) is 1. The Labute approximate surface area is 77.1 Å². The van der Waals surface area contributed by atoms with Gasteiger partial charge in [-0.1, -0.05) is 0 Å². The molecule has 5 heteroatoms. The second-order valence-electron chi connectivity index (χ2n) is 3.57. The zero-order valence-electron chi connectivity index (χ0n) is 8.03.